The Bertz CT molecular complexity index is 590. The van der Waals surface area contributed by atoms with E-state index in [9.17, 15) is 0 Å². The van der Waals surface area contributed by atoms with Gasteiger partial charge in [-0.3, -0.25) is 0 Å². The summed E-state index contributed by atoms with van der Waals surface area (Å²) in [4.78, 5) is 2.98. The van der Waals surface area contributed by atoms with E-state index in [1.54, 1.807) is 0 Å². The van der Waals surface area contributed by atoms with E-state index in [-0.39, 0.29) is 0 Å². The lowest BCUT2D eigenvalue weighted by Gasteiger charge is -1.96. The molecule has 2 heteroatoms. The molecule has 1 aromatic carbocycles. The molecule has 0 aliphatic rings. The van der Waals surface area contributed by atoms with Crippen LogP contribution in [0, 0.1) is 0 Å². The molecule has 0 radical (unpaired) electrons. The molecule has 0 fully saturated rings. The third-order valence-electron chi connectivity index (χ3n) is 3.33. The summed E-state index contributed by atoms with van der Waals surface area (Å²) in [6.45, 7) is 9.07. The van der Waals surface area contributed by atoms with Gasteiger partial charge < -0.3 is 0 Å². The summed E-state index contributed by atoms with van der Waals surface area (Å²) >= 11 is 3.88. The fraction of sp³-hybridized carbons (Fsp3) is 0.375. The van der Waals surface area contributed by atoms with Gasteiger partial charge in [0.05, 0.1) is 0 Å². The van der Waals surface area contributed by atoms with E-state index >= 15 is 0 Å². The standard InChI is InChI=1S/C16H18S2/c1-9(2)13-5-11-7-16-12(8-15(11)17-13)6-14(18-16)10(3)4/h5-10H,1-4H3. The molecule has 0 N–H and O–H groups in total. The average Bonchev–Trinajstić information content (AvgIpc) is 2.87. The van der Waals surface area contributed by atoms with Gasteiger partial charge in [-0.2, -0.15) is 0 Å². The monoisotopic (exact) mass is 274 g/mol. The summed E-state index contributed by atoms with van der Waals surface area (Å²) in [5, 5.41) is 2.82. The molecule has 18 heavy (non-hydrogen) atoms. The molecule has 0 atom stereocenters. The van der Waals surface area contributed by atoms with Gasteiger partial charge in [-0.1, -0.05) is 27.7 Å². The van der Waals surface area contributed by atoms with Crippen LogP contribution in [0.25, 0.3) is 20.2 Å². The highest BCUT2D eigenvalue weighted by Gasteiger charge is 2.10. The summed E-state index contributed by atoms with van der Waals surface area (Å²) in [6, 6.07) is 9.45. The molecule has 0 amide bonds. The fourth-order valence-electron chi connectivity index (χ4n) is 2.18. The smallest absolute Gasteiger partial charge is 0.0352 e. The maximum absolute atomic E-state index is 2.36. The van der Waals surface area contributed by atoms with E-state index < -0.39 is 0 Å². The van der Waals surface area contributed by atoms with Crippen LogP contribution in [0.15, 0.2) is 24.3 Å². The van der Waals surface area contributed by atoms with E-state index in [0.717, 1.165) is 0 Å². The van der Waals surface area contributed by atoms with Crippen LogP contribution in [0.1, 0.15) is 49.3 Å². The van der Waals surface area contributed by atoms with Crippen molar-refractivity contribution in [3.8, 4) is 0 Å². The van der Waals surface area contributed by atoms with Crippen molar-refractivity contribution in [2.45, 2.75) is 39.5 Å². The minimum absolute atomic E-state index is 0.631. The number of thiophene rings is 2. The SMILES string of the molecule is CC(C)c1cc2cc3sc(C(C)C)cc3cc2s1. The molecule has 0 nitrogen and oxygen atoms in total. The van der Waals surface area contributed by atoms with E-state index in [1.165, 1.54) is 29.9 Å². The van der Waals surface area contributed by atoms with Crippen molar-refractivity contribution < 1.29 is 0 Å². The summed E-state index contributed by atoms with van der Waals surface area (Å²) < 4.78 is 2.86. The van der Waals surface area contributed by atoms with Crippen molar-refractivity contribution in [3.63, 3.8) is 0 Å². The van der Waals surface area contributed by atoms with Gasteiger partial charge in [-0.25, -0.2) is 0 Å². The zero-order chi connectivity index (χ0) is 12.9. The normalized spacial score (nSPS) is 12.3. The summed E-state index contributed by atoms with van der Waals surface area (Å²) in [5.41, 5.74) is 0. The van der Waals surface area contributed by atoms with Gasteiger partial charge in [0.1, 0.15) is 0 Å². The van der Waals surface area contributed by atoms with Crippen molar-refractivity contribution in [2.75, 3.05) is 0 Å². The molecule has 3 rings (SSSR count). The maximum atomic E-state index is 2.36. The Labute approximate surface area is 116 Å². The average molecular weight is 274 g/mol. The molecular formula is C16H18S2. The molecule has 94 valence electrons. The van der Waals surface area contributed by atoms with Crippen molar-refractivity contribution >= 4 is 42.8 Å². The minimum Gasteiger partial charge on any atom is -0.140 e. The first-order valence-corrected chi connectivity index (χ1v) is 8.15. The van der Waals surface area contributed by atoms with Crippen molar-refractivity contribution in [1.82, 2.24) is 0 Å². The van der Waals surface area contributed by atoms with Crippen LogP contribution in [-0.4, -0.2) is 0 Å². The van der Waals surface area contributed by atoms with Crippen LogP contribution in [0.3, 0.4) is 0 Å². The Morgan fingerprint density at radius 1 is 0.667 bits per heavy atom. The molecule has 0 aliphatic heterocycles. The molecule has 0 unspecified atom stereocenters. The van der Waals surface area contributed by atoms with Crippen molar-refractivity contribution in [1.29, 1.82) is 0 Å². The van der Waals surface area contributed by atoms with Crippen LogP contribution in [0.2, 0.25) is 0 Å². The number of hydrogen-bond donors (Lipinski definition) is 0. The molecule has 0 aliphatic carbocycles. The summed E-state index contributed by atoms with van der Waals surface area (Å²) in [6.07, 6.45) is 0. The molecule has 3 aromatic rings. The third-order valence-corrected chi connectivity index (χ3v) is 6.13. The maximum Gasteiger partial charge on any atom is 0.0352 e. The van der Waals surface area contributed by atoms with Crippen LogP contribution in [0.4, 0.5) is 0 Å². The molecule has 0 saturated heterocycles. The number of hydrogen-bond acceptors (Lipinski definition) is 2. The predicted octanol–water partition coefficient (Wildman–Crippen LogP) is 6.36. The second-order valence-corrected chi connectivity index (χ2v) is 7.77. The zero-order valence-corrected chi connectivity index (χ0v) is 12.9. The molecule has 0 bridgehead atoms. The molecule has 0 spiro atoms. The van der Waals surface area contributed by atoms with E-state index in [1.807, 2.05) is 22.7 Å². The van der Waals surface area contributed by atoms with Crippen molar-refractivity contribution in [2.24, 2.45) is 0 Å². The van der Waals surface area contributed by atoms with Gasteiger partial charge in [0, 0.05) is 19.2 Å². The lowest BCUT2D eigenvalue weighted by Crippen LogP contribution is -1.77. The van der Waals surface area contributed by atoms with Gasteiger partial charge in [-0.15, -0.1) is 22.7 Å². The highest BCUT2D eigenvalue weighted by molar-refractivity contribution is 7.20. The van der Waals surface area contributed by atoms with Gasteiger partial charge in [0.25, 0.3) is 0 Å². The Kier molecular flexibility index (Phi) is 2.95. The Morgan fingerprint density at radius 2 is 1.06 bits per heavy atom. The molecular weight excluding hydrogens is 256 g/mol. The predicted molar refractivity (Wildman–Crippen MR) is 85.4 cm³/mol. The van der Waals surface area contributed by atoms with Crippen LogP contribution in [-0.2, 0) is 0 Å². The molecule has 2 aromatic heterocycles. The largest absolute Gasteiger partial charge is 0.140 e. The van der Waals surface area contributed by atoms with E-state index in [2.05, 4.69) is 52.0 Å². The first kappa shape index (κ1) is 12.2. The summed E-state index contributed by atoms with van der Waals surface area (Å²) in [7, 11) is 0. The number of rotatable bonds is 2. The van der Waals surface area contributed by atoms with E-state index in [0.29, 0.717) is 11.8 Å². The Morgan fingerprint density at radius 3 is 1.39 bits per heavy atom. The zero-order valence-electron chi connectivity index (χ0n) is 11.3. The van der Waals surface area contributed by atoms with Crippen LogP contribution in [0.5, 0.6) is 0 Å². The Balaban J connectivity index is 2.21. The highest BCUT2D eigenvalue weighted by atomic mass is 32.1. The second kappa shape index (κ2) is 4.36. The first-order chi connectivity index (χ1) is 8.54. The fourth-order valence-corrected chi connectivity index (χ4v) is 4.38. The van der Waals surface area contributed by atoms with Gasteiger partial charge in [-0.05, 0) is 46.9 Å². The van der Waals surface area contributed by atoms with E-state index in [4.69, 9.17) is 0 Å². The quantitative estimate of drug-likeness (QED) is 0.510. The van der Waals surface area contributed by atoms with Crippen LogP contribution >= 0.6 is 22.7 Å². The topological polar surface area (TPSA) is 0 Å². The number of fused-ring (bicyclic) bond motifs is 2. The molecule has 2 heterocycles. The lowest BCUT2D eigenvalue weighted by atomic mass is 10.1. The van der Waals surface area contributed by atoms with Gasteiger partial charge >= 0.3 is 0 Å². The van der Waals surface area contributed by atoms with Gasteiger partial charge in [0.15, 0.2) is 0 Å². The molecule has 0 saturated carbocycles. The second-order valence-electron chi connectivity index (χ2n) is 5.53. The Hall–Kier alpha value is -0.860. The number of benzene rings is 1. The van der Waals surface area contributed by atoms with Crippen LogP contribution < -0.4 is 0 Å². The summed E-state index contributed by atoms with van der Waals surface area (Å²) in [5.74, 6) is 1.26. The van der Waals surface area contributed by atoms with Gasteiger partial charge in [0.2, 0.25) is 0 Å². The highest BCUT2D eigenvalue weighted by Crippen LogP contribution is 2.37. The van der Waals surface area contributed by atoms with Crippen molar-refractivity contribution in [3.05, 3.63) is 34.0 Å². The third kappa shape index (κ3) is 1.98. The lowest BCUT2D eigenvalue weighted by molar-refractivity contribution is 0.890. The minimum atomic E-state index is 0.631. The first-order valence-electron chi connectivity index (χ1n) is 6.51.